The molecule has 2 aromatic rings. The summed E-state index contributed by atoms with van der Waals surface area (Å²) in [6.07, 6.45) is 5.48. The number of carbonyl (C=O) groups excluding carboxylic acids is 1. The van der Waals surface area contributed by atoms with Crippen LogP contribution in [0.4, 0.5) is 0 Å². The summed E-state index contributed by atoms with van der Waals surface area (Å²) in [7, 11) is 0. The molecule has 7 heteroatoms. The first-order chi connectivity index (χ1) is 13.8. The Morgan fingerprint density at radius 2 is 1.97 bits per heavy atom. The van der Waals surface area contributed by atoms with Crippen molar-refractivity contribution in [2.75, 3.05) is 19.6 Å². The Morgan fingerprint density at radius 1 is 1.14 bits per heavy atom. The second-order valence-corrected chi connectivity index (χ2v) is 7.63. The SMILES string of the molecule is I.O=C1CC(CNC(=NCc2ccccc2)NCCc2ccco2)CN1C1CC1. The van der Waals surface area contributed by atoms with Crippen LogP contribution in [-0.2, 0) is 17.8 Å². The first-order valence-corrected chi connectivity index (χ1v) is 10.2. The largest absolute Gasteiger partial charge is 0.469 e. The van der Waals surface area contributed by atoms with Gasteiger partial charge in [0.1, 0.15) is 5.76 Å². The minimum absolute atomic E-state index is 0. The Balaban J connectivity index is 0.00000240. The number of furan rings is 1. The van der Waals surface area contributed by atoms with Gasteiger partial charge in [-0.1, -0.05) is 30.3 Å². The van der Waals surface area contributed by atoms with Gasteiger partial charge < -0.3 is 20.0 Å². The van der Waals surface area contributed by atoms with Crippen LogP contribution >= 0.6 is 24.0 Å². The molecule has 1 aromatic carbocycles. The first-order valence-electron chi connectivity index (χ1n) is 10.2. The summed E-state index contributed by atoms with van der Waals surface area (Å²) in [5, 5.41) is 6.83. The van der Waals surface area contributed by atoms with E-state index in [4.69, 9.17) is 9.41 Å². The number of amides is 1. The zero-order valence-corrected chi connectivity index (χ0v) is 18.9. The molecule has 1 aliphatic carbocycles. The maximum Gasteiger partial charge on any atom is 0.223 e. The van der Waals surface area contributed by atoms with Gasteiger partial charge in [-0.3, -0.25) is 4.79 Å². The molecule has 2 N–H and O–H groups in total. The Morgan fingerprint density at radius 3 is 2.69 bits per heavy atom. The van der Waals surface area contributed by atoms with Crippen LogP contribution < -0.4 is 10.6 Å². The molecule has 1 unspecified atom stereocenters. The van der Waals surface area contributed by atoms with Crippen molar-refractivity contribution in [1.82, 2.24) is 15.5 Å². The number of hydrogen-bond donors (Lipinski definition) is 2. The van der Waals surface area contributed by atoms with E-state index in [1.807, 2.05) is 30.3 Å². The summed E-state index contributed by atoms with van der Waals surface area (Å²) >= 11 is 0. The van der Waals surface area contributed by atoms with Crippen molar-refractivity contribution in [2.24, 2.45) is 10.9 Å². The maximum atomic E-state index is 12.2. The molecule has 4 rings (SSSR count). The number of halogens is 1. The van der Waals surface area contributed by atoms with E-state index in [1.165, 1.54) is 18.4 Å². The van der Waals surface area contributed by atoms with Crippen molar-refractivity contribution in [1.29, 1.82) is 0 Å². The number of hydrogen-bond acceptors (Lipinski definition) is 3. The van der Waals surface area contributed by atoms with Crippen molar-refractivity contribution >= 4 is 35.8 Å². The van der Waals surface area contributed by atoms with E-state index in [1.54, 1.807) is 6.26 Å². The van der Waals surface area contributed by atoms with E-state index >= 15 is 0 Å². The third-order valence-corrected chi connectivity index (χ3v) is 5.29. The molecule has 0 bridgehead atoms. The standard InChI is InChI=1S/C22H28N4O2.HI/c27-21-13-18(16-26(21)19-8-9-19)15-25-22(23-11-10-20-7-4-12-28-20)24-14-17-5-2-1-3-6-17;/h1-7,12,18-19H,8-11,13-16H2,(H2,23,24,25);1H. The fourth-order valence-corrected chi connectivity index (χ4v) is 3.61. The van der Waals surface area contributed by atoms with Crippen molar-refractivity contribution in [2.45, 2.75) is 38.3 Å². The molecule has 1 saturated heterocycles. The van der Waals surface area contributed by atoms with Gasteiger partial charge in [-0.25, -0.2) is 4.99 Å². The lowest BCUT2D eigenvalue weighted by molar-refractivity contribution is -0.128. The van der Waals surface area contributed by atoms with Crippen LogP contribution in [0, 0.1) is 5.92 Å². The van der Waals surface area contributed by atoms with Gasteiger partial charge in [0.25, 0.3) is 0 Å². The molecule has 0 spiro atoms. The normalized spacial score (nSPS) is 19.2. The zero-order valence-electron chi connectivity index (χ0n) is 16.5. The Labute approximate surface area is 189 Å². The second-order valence-electron chi connectivity index (χ2n) is 7.63. The molecular weight excluding hydrogens is 479 g/mol. The van der Waals surface area contributed by atoms with E-state index in [0.29, 0.717) is 30.8 Å². The molecule has 2 fully saturated rings. The van der Waals surface area contributed by atoms with E-state index in [0.717, 1.165) is 37.8 Å². The fraction of sp³-hybridized carbons (Fsp3) is 0.455. The van der Waals surface area contributed by atoms with Crippen LogP contribution in [0.25, 0.3) is 0 Å². The molecule has 2 aliphatic rings. The lowest BCUT2D eigenvalue weighted by Gasteiger charge is -2.17. The van der Waals surface area contributed by atoms with Crippen molar-refractivity contribution in [3.05, 3.63) is 60.1 Å². The highest BCUT2D eigenvalue weighted by atomic mass is 127. The highest BCUT2D eigenvalue weighted by molar-refractivity contribution is 14.0. The van der Waals surface area contributed by atoms with E-state index in [-0.39, 0.29) is 24.0 Å². The fourth-order valence-electron chi connectivity index (χ4n) is 3.61. The number of nitrogens with zero attached hydrogens (tertiary/aromatic N) is 2. The van der Waals surface area contributed by atoms with Gasteiger partial charge in [-0.05, 0) is 30.5 Å². The molecule has 1 atom stereocenters. The monoisotopic (exact) mass is 508 g/mol. The Kier molecular flexibility index (Phi) is 7.97. The topological polar surface area (TPSA) is 69.9 Å². The summed E-state index contributed by atoms with van der Waals surface area (Å²) in [5.41, 5.74) is 1.17. The van der Waals surface area contributed by atoms with Crippen molar-refractivity contribution in [3.8, 4) is 0 Å². The minimum atomic E-state index is 0. The molecular formula is C22H29IN4O2. The average molecular weight is 508 g/mol. The number of carbonyl (C=O) groups is 1. The molecule has 1 aliphatic heterocycles. The van der Waals surface area contributed by atoms with Gasteiger partial charge in [0, 0.05) is 44.4 Å². The van der Waals surface area contributed by atoms with E-state index in [9.17, 15) is 4.79 Å². The zero-order chi connectivity index (χ0) is 19.2. The van der Waals surface area contributed by atoms with Gasteiger partial charge in [-0.2, -0.15) is 0 Å². The molecule has 1 amide bonds. The predicted molar refractivity (Wildman–Crippen MR) is 124 cm³/mol. The predicted octanol–water partition coefficient (Wildman–Crippen LogP) is 3.19. The maximum absolute atomic E-state index is 12.2. The van der Waals surface area contributed by atoms with Crippen molar-refractivity contribution in [3.63, 3.8) is 0 Å². The number of benzene rings is 1. The van der Waals surface area contributed by atoms with Gasteiger partial charge in [0.15, 0.2) is 5.96 Å². The van der Waals surface area contributed by atoms with Crippen LogP contribution in [0.5, 0.6) is 0 Å². The number of rotatable bonds is 8. The summed E-state index contributed by atoms with van der Waals surface area (Å²) in [4.78, 5) is 19.0. The van der Waals surface area contributed by atoms with Crippen LogP contribution in [-0.4, -0.2) is 42.4 Å². The molecule has 29 heavy (non-hydrogen) atoms. The number of likely N-dealkylation sites (tertiary alicyclic amines) is 1. The molecule has 0 radical (unpaired) electrons. The molecule has 1 saturated carbocycles. The molecule has 2 heterocycles. The third kappa shape index (κ3) is 6.48. The summed E-state index contributed by atoms with van der Waals surface area (Å²) < 4.78 is 5.39. The van der Waals surface area contributed by atoms with Gasteiger partial charge in [-0.15, -0.1) is 24.0 Å². The Hall–Kier alpha value is -2.03. The summed E-state index contributed by atoms with van der Waals surface area (Å²) in [6, 6.07) is 14.6. The lowest BCUT2D eigenvalue weighted by Crippen LogP contribution is -2.41. The molecule has 156 valence electrons. The highest BCUT2D eigenvalue weighted by Crippen LogP contribution is 2.32. The van der Waals surface area contributed by atoms with E-state index in [2.05, 4.69) is 27.7 Å². The number of nitrogens with one attached hydrogen (secondary N) is 2. The van der Waals surface area contributed by atoms with Gasteiger partial charge in [0.2, 0.25) is 5.91 Å². The van der Waals surface area contributed by atoms with Gasteiger partial charge in [0.05, 0.1) is 12.8 Å². The van der Waals surface area contributed by atoms with Crippen molar-refractivity contribution < 1.29 is 9.21 Å². The summed E-state index contributed by atoms with van der Waals surface area (Å²) in [6.45, 7) is 2.99. The highest BCUT2D eigenvalue weighted by Gasteiger charge is 2.39. The van der Waals surface area contributed by atoms with Crippen LogP contribution in [0.3, 0.4) is 0 Å². The van der Waals surface area contributed by atoms with Gasteiger partial charge >= 0.3 is 0 Å². The minimum Gasteiger partial charge on any atom is -0.469 e. The van der Waals surface area contributed by atoms with E-state index < -0.39 is 0 Å². The molecule has 1 aromatic heterocycles. The lowest BCUT2D eigenvalue weighted by atomic mass is 10.1. The number of aliphatic imine (C=N–C) groups is 1. The van der Waals surface area contributed by atoms with Crippen LogP contribution in [0.15, 0.2) is 58.1 Å². The average Bonchev–Trinajstić information content (AvgIpc) is 3.29. The second kappa shape index (κ2) is 10.7. The smallest absolute Gasteiger partial charge is 0.223 e. The Bertz CT molecular complexity index is 790. The summed E-state index contributed by atoms with van der Waals surface area (Å²) in [5.74, 6) is 2.40. The molecule has 6 nitrogen and oxygen atoms in total. The third-order valence-electron chi connectivity index (χ3n) is 5.29. The number of guanidine groups is 1. The van der Waals surface area contributed by atoms with Crippen LogP contribution in [0.1, 0.15) is 30.6 Å². The first kappa shape index (κ1) is 21.7. The van der Waals surface area contributed by atoms with Crippen LogP contribution in [0.2, 0.25) is 0 Å². The quantitative estimate of drug-likeness (QED) is 0.327.